The van der Waals surface area contributed by atoms with Gasteiger partial charge in [-0.15, -0.1) is 0 Å². The van der Waals surface area contributed by atoms with Crippen molar-refractivity contribution in [1.29, 1.82) is 0 Å². The first-order valence-electron chi connectivity index (χ1n) is 5.79. The lowest BCUT2D eigenvalue weighted by molar-refractivity contribution is 0.0915. The van der Waals surface area contributed by atoms with Gasteiger partial charge in [-0.05, 0) is 30.9 Å². The third-order valence-corrected chi connectivity index (χ3v) is 3.56. The molecule has 1 saturated heterocycles. The number of aryl methyl sites for hydroxylation is 1. The number of halogens is 2. The van der Waals surface area contributed by atoms with Crippen molar-refractivity contribution in [2.75, 3.05) is 19.6 Å². The Morgan fingerprint density at radius 1 is 1.72 bits per heavy atom. The zero-order valence-corrected chi connectivity index (χ0v) is 10.8. The van der Waals surface area contributed by atoms with Crippen molar-refractivity contribution in [3.8, 4) is 0 Å². The van der Waals surface area contributed by atoms with Crippen molar-refractivity contribution in [1.82, 2.24) is 14.6 Å². The van der Waals surface area contributed by atoms with Gasteiger partial charge in [0.05, 0.1) is 6.54 Å². The SMILES string of the molecule is Cc1cc(C(=O)NC2CCN(CC(F)F)C2)ns1. The Hall–Kier alpha value is -1.08. The summed E-state index contributed by atoms with van der Waals surface area (Å²) in [6, 6.07) is 1.67. The van der Waals surface area contributed by atoms with E-state index >= 15 is 0 Å². The quantitative estimate of drug-likeness (QED) is 0.906. The van der Waals surface area contributed by atoms with Crippen LogP contribution in [0.5, 0.6) is 0 Å². The lowest BCUT2D eigenvalue weighted by Crippen LogP contribution is -2.38. The van der Waals surface area contributed by atoms with Crippen LogP contribution in [0, 0.1) is 6.92 Å². The highest BCUT2D eigenvalue weighted by molar-refractivity contribution is 7.05. The number of amides is 1. The molecule has 2 rings (SSSR count). The third kappa shape index (κ3) is 3.46. The molecular weight excluding hydrogens is 260 g/mol. The minimum Gasteiger partial charge on any atom is -0.347 e. The van der Waals surface area contributed by atoms with Gasteiger partial charge in [-0.3, -0.25) is 9.69 Å². The second-order valence-electron chi connectivity index (χ2n) is 4.43. The van der Waals surface area contributed by atoms with Crippen molar-refractivity contribution in [2.45, 2.75) is 25.8 Å². The number of hydrogen-bond acceptors (Lipinski definition) is 4. The lowest BCUT2D eigenvalue weighted by Gasteiger charge is -2.15. The average molecular weight is 275 g/mol. The zero-order valence-electron chi connectivity index (χ0n) is 10.0. The molecule has 1 amide bonds. The molecule has 1 fully saturated rings. The Morgan fingerprint density at radius 3 is 3.11 bits per heavy atom. The van der Waals surface area contributed by atoms with E-state index in [-0.39, 0.29) is 18.5 Å². The van der Waals surface area contributed by atoms with E-state index in [1.165, 1.54) is 11.5 Å². The van der Waals surface area contributed by atoms with Gasteiger partial charge >= 0.3 is 0 Å². The monoisotopic (exact) mass is 275 g/mol. The second-order valence-corrected chi connectivity index (χ2v) is 5.44. The predicted molar refractivity (Wildman–Crippen MR) is 65.2 cm³/mol. The van der Waals surface area contributed by atoms with Gasteiger partial charge in [0.25, 0.3) is 12.3 Å². The number of carbonyl (C=O) groups is 1. The predicted octanol–water partition coefficient (Wildman–Crippen LogP) is 1.52. The van der Waals surface area contributed by atoms with E-state index in [2.05, 4.69) is 9.69 Å². The summed E-state index contributed by atoms with van der Waals surface area (Å²) in [7, 11) is 0. The first-order chi connectivity index (χ1) is 8.54. The molecule has 1 aliphatic rings. The fourth-order valence-corrected chi connectivity index (χ4v) is 2.59. The molecule has 1 unspecified atom stereocenters. The summed E-state index contributed by atoms with van der Waals surface area (Å²) >= 11 is 1.28. The molecule has 0 saturated carbocycles. The fraction of sp³-hybridized carbons (Fsp3) is 0.636. The molecule has 18 heavy (non-hydrogen) atoms. The van der Waals surface area contributed by atoms with Crippen molar-refractivity contribution >= 4 is 17.4 Å². The smallest absolute Gasteiger partial charge is 0.271 e. The molecule has 1 aromatic rings. The molecule has 0 aliphatic carbocycles. The van der Waals surface area contributed by atoms with Gasteiger partial charge in [0.15, 0.2) is 0 Å². The van der Waals surface area contributed by atoms with Crippen LogP contribution in [0.25, 0.3) is 0 Å². The number of hydrogen-bond donors (Lipinski definition) is 1. The molecule has 1 aromatic heterocycles. The van der Waals surface area contributed by atoms with Crippen LogP contribution in [0.4, 0.5) is 8.78 Å². The number of likely N-dealkylation sites (tertiary alicyclic amines) is 1. The van der Waals surface area contributed by atoms with Crippen molar-refractivity contribution in [3.05, 3.63) is 16.6 Å². The minimum absolute atomic E-state index is 0.0572. The van der Waals surface area contributed by atoms with Crippen molar-refractivity contribution in [2.24, 2.45) is 0 Å². The van der Waals surface area contributed by atoms with Crippen molar-refractivity contribution < 1.29 is 13.6 Å². The van der Waals surface area contributed by atoms with E-state index in [9.17, 15) is 13.6 Å². The van der Waals surface area contributed by atoms with Crippen LogP contribution in [-0.4, -0.2) is 47.3 Å². The van der Waals surface area contributed by atoms with Crippen LogP contribution in [-0.2, 0) is 0 Å². The van der Waals surface area contributed by atoms with Gasteiger partial charge in [-0.25, -0.2) is 8.78 Å². The zero-order chi connectivity index (χ0) is 13.1. The highest BCUT2D eigenvalue weighted by Crippen LogP contribution is 2.13. The number of alkyl halides is 2. The number of nitrogens with one attached hydrogen (secondary N) is 1. The van der Waals surface area contributed by atoms with Gasteiger partial charge in [-0.1, -0.05) is 0 Å². The molecule has 1 atom stereocenters. The van der Waals surface area contributed by atoms with E-state index in [1.54, 1.807) is 11.0 Å². The molecule has 2 heterocycles. The fourth-order valence-electron chi connectivity index (χ4n) is 2.04. The Balaban J connectivity index is 1.82. The minimum atomic E-state index is -2.32. The van der Waals surface area contributed by atoms with Crippen molar-refractivity contribution in [3.63, 3.8) is 0 Å². The Bertz CT molecular complexity index is 424. The Kier molecular flexibility index (Phi) is 4.23. The maximum Gasteiger partial charge on any atom is 0.271 e. The molecule has 0 spiro atoms. The summed E-state index contributed by atoms with van der Waals surface area (Å²) in [5.74, 6) is -0.219. The topological polar surface area (TPSA) is 45.2 Å². The highest BCUT2D eigenvalue weighted by Gasteiger charge is 2.26. The van der Waals surface area contributed by atoms with E-state index in [0.717, 1.165) is 4.88 Å². The maximum absolute atomic E-state index is 12.2. The summed E-state index contributed by atoms with van der Waals surface area (Å²) in [4.78, 5) is 14.5. The van der Waals surface area contributed by atoms with Crippen LogP contribution >= 0.6 is 11.5 Å². The average Bonchev–Trinajstić information content (AvgIpc) is 2.87. The van der Waals surface area contributed by atoms with E-state index in [0.29, 0.717) is 25.2 Å². The van der Waals surface area contributed by atoms with Gasteiger partial charge in [-0.2, -0.15) is 4.37 Å². The van der Waals surface area contributed by atoms with Crippen LogP contribution in [0.3, 0.4) is 0 Å². The van der Waals surface area contributed by atoms with E-state index in [4.69, 9.17) is 0 Å². The number of carbonyl (C=O) groups excluding carboxylic acids is 1. The van der Waals surface area contributed by atoms with Crippen LogP contribution in [0.1, 0.15) is 21.8 Å². The molecule has 7 heteroatoms. The molecular formula is C11H15F2N3OS. The van der Waals surface area contributed by atoms with Gasteiger partial charge in [0, 0.05) is 24.0 Å². The molecule has 1 N–H and O–H groups in total. The maximum atomic E-state index is 12.2. The normalized spacial score (nSPS) is 20.6. The molecule has 100 valence electrons. The standard InChI is InChI=1S/C11H15F2N3OS/c1-7-4-9(15-18-7)11(17)14-8-2-3-16(5-8)6-10(12)13/h4,8,10H,2-3,5-6H2,1H3,(H,14,17). The van der Waals surface area contributed by atoms with E-state index < -0.39 is 6.43 Å². The molecule has 0 radical (unpaired) electrons. The molecule has 0 bridgehead atoms. The summed E-state index contributed by atoms with van der Waals surface area (Å²) in [6.45, 7) is 2.75. The van der Waals surface area contributed by atoms with Crippen LogP contribution < -0.4 is 5.32 Å². The number of rotatable bonds is 4. The van der Waals surface area contributed by atoms with Crippen LogP contribution in [0.15, 0.2) is 6.07 Å². The number of aromatic nitrogens is 1. The lowest BCUT2D eigenvalue weighted by atomic mass is 10.2. The summed E-state index contributed by atoms with van der Waals surface area (Å²) < 4.78 is 28.4. The second kappa shape index (κ2) is 5.71. The number of nitrogens with zero attached hydrogens (tertiary/aromatic N) is 2. The molecule has 0 aromatic carbocycles. The first-order valence-corrected chi connectivity index (χ1v) is 6.56. The summed E-state index contributed by atoms with van der Waals surface area (Å²) in [5, 5.41) is 2.83. The highest BCUT2D eigenvalue weighted by atomic mass is 32.1. The third-order valence-electron chi connectivity index (χ3n) is 2.86. The van der Waals surface area contributed by atoms with Gasteiger partial charge < -0.3 is 5.32 Å². The Morgan fingerprint density at radius 2 is 2.50 bits per heavy atom. The van der Waals surface area contributed by atoms with Crippen LogP contribution in [0.2, 0.25) is 0 Å². The summed E-state index contributed by atoms with van der Waals surface area (Å²) in [5.41, 5.74) is 0.407. The molecule has 4 nitrogen and oxygen atoms in total. The van der Waals surface area contributed by atoms with E-state index in [1.807, 2.05) is 6.92 Å². The van der Waals surface area contributed by atoms with Gasteiger partial charge in [0.2, 0.25) is 0 Å². The van der Waals surface area contributed by atoms with Gasteiger partial charge in [0.1, 0.15) is 5.69 Å². The largest absolute Gasteiger partial charge is 0.347 e. The summed E-state index contributed by atoms with van der Waals surface area (Å²) in [6.07, 6.45) is -1.61. The first kappa shape index (κ1) is 13.4. The molecule has 1 aliphatic heterocycles. The Labute approximate surface area is 108 Å².